The number of carbonyl (C=O) groups excluding carboxylic acids is 1. The van der Waals surface area contributed by atoms with Crippen molar-refractivity contribution in [2.24, 2.45) is 5.92 Å². The van der Waals surface area contributed by atoms with Crippen LogP contribution in [0.15, 0.2) is 48.5 Å². The first-order chi connectivity index (χ1) is 13.3. The lowest BCUT2D eigenvalue weighted by Crippen LogP contribution is -2.32. The molecule has 0 radical (unpaired) electrons. The maximum absolute atomic E-state index is 12.4. The summed E-state index contributed by atoms with van der Waals surface area (Å²) in [7, 11) is -3.33. The summed E-state index contributed by atoms with van der Waals surface area (Å²) in [5, 5.41) is 2.87. The lowest BCUT2D eigenvalue weighted by molar-refractivity contribution is 0.102. The van der Waals surface area contributed by atoms with Crippen LogP contribution < -0.4 is 10.0 Å². The SMILES string of the molecule is CC1CCN(Cc2ccc(NC(=O)c3ccc(NS(C)(=O)=O)cc3)cc2)CC1. The standard InChI is InChI=1S/C21H27N3O3S/c1-16-11-13-24(14-12-16)15-17-3-7-19(8-4-17)22-21(25)18-5-9-20(10-6-18)23-28(2,26)27/h3-10,16,23H,11-15H2,1-2H3,(H,22,25). The molecule has 0 bridgehead atoms. The van der Waals surface area contributed by atoms with Crippen molar-refractivity contribution in [3.63, 3.8) is 0 Å². The second-order valence-corrected chi connectivity index (χ2v) is 9.31. The predicted molar refractivity (Wildman–Crippen MR) is 113 cm³/mol. The third kappa shape index (κ3) is 6.07. The molecule has 1 aliphatic heterocycles. The molecule has 1 aliphatic rings. The molecule has 0 unspecified atom stereocenters. The van der Waals surface area contributed by atoms with Gasteiger partial charge in [0.25, 0.3) is 5.91 Å². The molecular weight excluding hydrogens is 374 g/mol. The summed E-state index contributed by atoms with van der Waals surface area (Å²) in [5.41, 5.74) is 2.86. The van der Waals surface area contributed by atoms with Gasteiger partial charge in [-0.05, 0) is 73.8 Å². The van der Waals surface area contributed by atoms with Crippen molar-refractivity contribution in [3.8, 4) is 0 Å². The molecule has 0 spiro atoms. The normalized spacial score (nSPS) is 15.9. The number of nitrogens with one attached hydrogen (secondary N) is 2. The van der Waals surface area contributed by atoms with Crippen LogP contribution in [-0.2, 0) is 16.6 Å². The number of rotatable bonds is 6. The third-order valence-electron chi connectivity index (χ3n) is 4.94. The quantitative estimate of drug-likeness (QED) is 0.776. The molecule has 6 nitrogen and oxygen atoms in total. The van der Waals surface area contributed by atoms with Crippen LogP contribution in [-0.4, -0.2) is 38.6 Å². The van der Waals surface area contributed by atoms with Gasteiger partial charge in [0, 0.05) is 23.5 Å². The molecule has 2 N–H and O–H groups in total. The molecule has 0 aliphatic carbocycles. The molecule has 7 heteroatoms. The van der Waals surface area contributed by atoms with E-state index in [0.29, 0.717) is 11.3 Å². The van der Waals surface area contributed by atoms with Gasteiger partial charge in [0.05, 0.1) is 6.26 Å². The first-order valence-electron chi connectivity index (χ1n) is 9.49. The van der Waals surface area contributed by atoms with Gasteiger partial charge in [0.2, 0.25) is 10.0 Å². The minimum atomic E-state index is -3.33. The Hall–Kier alpha value is -2.38. The Morgan fingerprint density at radius 2 is 1.57 bits per heavy atom. The Bertz CT molecular complexity index is 901. The first-order valence-corrected chi connectivity index (χ1v) is 11.4. The van der Waals surface area contributed by atoms with Crippen molar-refractivity contribution >= 4 is 27.3 Å². The fourth-order valence-corrected chi connectivity index (χ4v) is 3.84. The van der Waals surface area contributed by atoms with Gasteiger partial charge in [-0.15, -0.1) is 0 Å². The lowest BCUT2D eigenvalue weighted by Gasteiger charge is -2.30. The number of likely N-dealkylation sites (tertiary alicyclic amines) is 1. The first kappa shape index (κ1) is 20.4. The highest BCUT2D eigenvalue weighted by molar-refractivity contribution is 7.92. The number of benzene rings is 2. The highest BCUT2D eigenvalue weighted by Gasteiger charge is 2.15. The average molecular weight is 402 g/mol. The van der Waals surface area contributed by atoms with Crippen LogP contribution in [0.5, 0.6) is 0 Å². The van der Waals surface area contributed by atoms with Crippen molar-refractivity contribution in [2.75, 3.05) is 29.4 Å². The number of carbonyl (C=O) groups is 1. The van der Waals surface area contributed by atoms with Gasteiger partial charge in [-0.2, -0.15) is 0 Å². The summed E-state index contributed by atoms with van der Waals surface area (Å²) in [6.45, 7) is 5.54. The lowest BCUT2D eigenvalue weighted by atomic mass is 9.99. The Labute approximate surface area is 167 Å². The molecule has 1 saturated heterocycles. The van der Waals surface area contributed by atoms with E-state index in [0.717, 1.165) is 37.5 Å². The molecule has 1 heterocycles. The predicted octanol–water partition coefficient (Wildman–Crippen LogP) is 3.54. The largest absolute Gasteiger partial charge is 0.322 e. The summed E-state index contributed by atoms with van der Waals surface area (Å²) in [6.07, 6.45) is 3.60. The number of hydrogen-bond acceptors (Lipinski definition) is 4. The van der Waals surface area contributed by atoms with Gasteiger partial charge >= 0.3 is 0 Å². The van der Waals surface area contributed by atoms with Gasteiger partial charge in [-0.25, -0.2) is 8.42 Å². The number of sulfonamides is 1. The van der Waals surface area contributed by atoms with Crippen LogP contribution in [0.4, 0.5) is 11.4 Å². The van der Waals surface area contributed by atoms with Crippen LogP contribution in [0.3, 0.4) is 0 Å². The maximum atomic E-state index is 12.4. The van der Waals surface area contributed by atoms with Gasteiger partial charge < -0.3 is 5.32 Å². The van der Waals surface area contributed by atoms with Gasteiger partial charge in [0.1, 0.15) is 0 Å². The summed E-state index contributed by atoms with van der Waals surface area (Å²) in [6, 6.07) is 14.2. The molecule has 28 heavy (non-hydrogen) atoms. The molecular formula is C21H27N3O3S. The molecule has 1 fully saturated rings. The van der Waals surface area contributed by atoms with Crippen molar-refractivity contribution < 1.29 is 13.2 Å². The summed E-state index contributed by atoms with van der Waals surface area (Å²) in [4.78, 5) is 14.9. The van der Waals surface area contributed by atoms with Gasteiger partial charge in [-0.1, -0.05) is 19.1 Å². The van der Waals surface area contributed by atoms with Crippen LogP contribution in [0.2, 0.25) is 0 Å². The van der Waals surface area contributed by atoms with Gasteiger partial charge in [0.15, 0.2) is 0 Å². The Kier molecular flexibility index (Phi) is 6.36. The number of nitrogens with zero attached hydrogens (tertiary/aromatic N) is 1. The van der Waals surface area contributed by atoms with E-state index >= 15 is 0 Å². The van der Waals surface area contributed by atoms with Crippen LogP contribution in [0.1, 0.15) is 35.7 Å². The fourth-order valence-electron chi connectivity index (χ4n) is 3.28. The minimum Gasteiger partial charge on any atom is -0.322 e. The van der Waals surface area contributed by atoms with E-state index in [1.165, 1.54) is 18.4 Å². The number of anilines is 2. The van der Waals surface area contributed by atoms with Crippen molar-refractivity contribution in [1.29, 1.82) is 0 Å². The Morgan fingerprint density at radius 1 is 1.00 bits per heavy atom. The van der Waals surface area contributed by atoms with E-state index in [9.17, 15) is 13.2 Å². The number of hydrogen-bond donors (Lipinski definition) is 2. The average Bonchev–Trinajstić information content (AvgIpc) is 2.64. The summed E-state index contributed by atoms with van der Waals surface area (Å²) in [5.74, 6) is 0.591. The fraction of sp³-hybridized carbons (Fsp3) is 0.381. The molecule has 0 saturated carbocycles. The zero-order valence-corrected chi connectivity index (χ0v) is 17.1. The van der Waals surface area contributed by atoms with Crippen molar-refractivity contribution in [1.82, 2.24) is 4.90 Å². The Balaban J connectivity index is 1.55. The van der Waals surface area contributed by atoms with Crippen molar-refractivity contribution in [3.05, 3.63) is 59.7 Å². The van der Waals surface area contributed by atoms with E-state index in [1.807, 2.05) is 24.3 Å². The maximum Gasteiger partial charge on any atom is 0.255 e. The van der Waals surface area contributed by atoms with E-state index in [1.54, 1.807) is 24.3 Å². The smallest absolute Gasteiger partial charge is 0.255 e. The molecule has 2 aromatic carbocycles. The van der Waals surface area contributed by atoms with Crippen molar-refractivity contribution in [2.45, 2.75) is 26.3 Å². The molecule has 0 aromatic heterocycles. The zero-order valence-electron chi connectivity index (χ0n) is 16.3. The van der Waals surface area contributed by atoms with Gasteiger partial charge in [-0.3, -0.25) is 14.4 Å². The topological polar surface area (TPSA) is 78.5 Å². The van der Waals surface area contributed by atoms with Crippen LogP contribution >= 0.6 is 0 Å². The van der Waals surface area contributed by atoms with E-state index < -0.39 is 10.0 Å². The zero-order chi connectivity index (χ0) is 20.1. The highest BCUT2D eigenvalue weighted by atomic mass is 32.2. The monoisotopic (exact) mass is 401 g/mol. The molecule has 3 rings (SSSR count). The number of amides is 1. The second kappa shape index (κ2) is 8.75. The van der Waals surface area contributed by atoms with E-state index in [4.69, 9.17) is 0 Å². The van der Waals surface area contributed by atoms with E-state index in [2.05, 4.69) is 21.9 Å². The molecule has 2 aromatic rings. The summed E-state index contributed by atoms with van der Waals surface area (Å²) >= 11 is 0. The summed E-state index contributed by atoms with van der Waals surface area (Å²) < 4.78 is 24.8. The molecule has 0 atom stereocenters. The Morgan fingerprint density at radius 3 is 2.14 bits per heavy atom. The highest BCUT2D eigenvalue weighted by Crippen LogP contribution is 2.19. The second-order valence-electron chi connectivity index (χ2n) is 7.56. The number of piperidine rings is 1. The molecule has 1 amide bonds. The van der Waals surface area contributed by atoms with Crippen LogP contribution in [0.25, 0.3) is 0 Å². The van der Waals surface area contributed by atoms with E-state index in [-0.39, 0.29) is 5.91 Å². The minimum absolute atomic E-state index is 0.233. The third-order valence-corrected chi connectivity index (χ3v) is 5.55. The van der Waals surface area contributed by atoms with Crippen LogP contribution in [0, 0.1) is 5.92 Å². The molecule has 150 valence electrons.